The van der Waals surface area contributed by atoms with E-state index in [1.165, 1.54) is 27.7 Å². The fourth-order valence-electron chi connectivity index (χ4n) is 3.03. The number of carbonyl (C=O) groups is 1. The van der Waals surface area contributed by atoms with Crippen molar-refractivity contribution in [1.29, 1.82) is 0 Å². The number of anilines is 1. The maximum Gasteiger partial charge on any atom is 0.276 e. The second kappa shape index (κ2) is 9.04. The lowest BCUT2D eigenvalue weighted by atomic mass is 10.1. The molecule has 1 amide bonds. The van der Waals surface area contributed by atoms with E-state index in [0.717, 1.165) is 17.7 Å². The third-order valence-corrected chi connectivity index (χ3v) is 6.64. The average molecular weight is 456 g/mol. The highest BCUT2D eigenvalue weighted by molar-refractivity contribution is 7.99. The fraction of sp³-hybridized carbons (Fsp3) is 0.136. The lowest BCUT2D eigenvalue weighted by Gasteiger charge is -2.13. The topological polar surface area (TPSA) is 64.0 Å². The van der Waals surface area contributed by atoms with Crippen LogP contribution in [0.3, 0.4) is 0 Å². The van der Waals surface area contributed by atoms with E-state index in [-0.39, 0.29) is 17.2 Å². The first kappa shape index (κ1) is 20.7. The van der Waals surface area contributed by atoms with Crippen molar-refractivity contribution in [2.75, 3.05) is 11.1 Å². The molecule has 0 aliphatic carbocycles. The summed E-state index contributed by atoms with van der Waals surface area (Å²) in [4.78, 5) is 30.3. The molecule has 2 aromatic carbocycles. The van der Waals surface area contributed by atoms with Gasteiger partial charge in [-0.15, -0.1) is 11.3 Å². The van der Waals surface area contributed by atoms with E-state index >= 15 is 0 Å². The third-order valence-electron chi connectivity index (χ3n) is 4.49. The second-order valence-electron chi connectivity index (χ2n) is 6.51. The molecule has 0 spiro atoms. The van der Waals surface area contributed by atoms with Gasteiger partial charge in [0, 0.05) is 5.69 Å². The number of thiophene rings is 1. The number of para-hydroxylation sites is 1. The first-order chi connectivity index (χ1) is 14.6. The van der Waals surface area contributed by atoms with Gasteiger partial charge in [-0.3, -0.25) is 14.2 Å². The Bertz CT molecular complexity index is 1280. The number of aromatic nitrogens is 2. The molecule has 0 aliphatic heterocycles. The van der Waals surface area contributed by atoms with Crippen LogP contribution in [-0.4, -0.2) is 21.2 Å². The highest BCUT2D eigenvalue weighted by Gasteiger charge is 2.17. The SMILES string of the molecule is CCc1cccc(NC(=O)CSc2nc3ccsc3c(=O)n2-c2ccccc2Cl)c1. The van der Waals surface area contributed by atoms with Gasteiger partial charge in [0.25, 0.3) is 5.56 Å². The Labute approximate surface area is 186 Å². The average Bonchev–Trinajstić information content (AvgIpc) is 3.22. The summed E-state index contributed by atoms with van der Waals surface area (Å²) in [6.07, 6.45) is 0.896. The highest BCUT2D eigenvalue weighted by atomic mass is 35.5. The zero-order chi connectivity index (χ0) is 21.1. The zero-order valence-electron chi connectivity index (χ0n) is 16.1. The van der Waals surface area contributed by atoms with Crippen LogP contribution in [0.5, 0.6) is 0 Å². The van der Waals surface area contributed by atoms with Crippen LogP contribution in [-0.2, 0) is 11.2 Å². The van der Waals surface area contributed by atoms with Crippen LogP contribution in [0.15, 0.2) is 69.9 Å². The molecule has 0 radical (unpaired) electrons. The third kappa shape index (κ3) is 4.28. The minimum atomic E-state index is -0.193. The standard InChI is InChI=1S/C22H18ClN3O2S2/c1-2-14-6-5-7-15(12-14)24-19(27)13-30-22-25-17-10-11-29-20(17)21(28)26(22)18-9-4-3-8-16(18)23/h3-12H,2,13H2,1H3,(H,24,27). The van der Waals surface area contributed by atoms with Gasteiger partial charge in [0.05, 0.1) is 22.0 Å². The van der Waals surface area contributed by atoms with Gasteiger partial charge in [-0.05, 0) is 47.7 Å². The quantitative estimate of drug-likeness (QED) is 0.312. The van der Waals surface area contributed by atoms with Crippen LogP contribution in [0, 0.1) is 0 Å². The van der Waals surface area contributed by atoms with Crippen molar-refractivity contribution in [3.8, 4) is 5.69 Å². The number of rotatable bonds is 6. The molecule has 0 atom stereocenters. The molecule has 8 heteroatoms. The Morgan fingerprint density at radius 2 is 2.03 bits per heavy atom. The van der Waals surface area contributed by atoms with Gasteiger partial charge in [-0.1, -0.05) is 54.6 Å². The summed E-state index contributed by atoms with van der Waals surface area (Å²) in [5.41, 5.74) is 2.88. The molecular formula is C22H18ClN3O2S2. The summed E-state index contributed by atoms with van der Waals surface area (Å²) >= 11 is 8.90. The molecule has 1 N–H and O–H groups in total. The molecule has 0 aliphatic rings. The summed E-state index contributed by atoms with van der Waals surface area (Å²) in [6, 6.07) is 16.7. The van der Waals surface area contributed by atoms with Crippen LogP contribution in [0.1, 0.15) is 12.5 Å². The van der Waals surface area contributed by atoms with E-state index in [1.807, 2.05) is 35.7 Å². The molecule has 0 bridgehead atoms. The van der Waals surface area contributed by atoms with Gasteiger partial charge in [0.1, 0.15) is 4.70 Å². The van der Waals surface area contributed by atoms with E-state index in [0.29, 0.717) is 26.1 Å². The minimum absolute atomic E-state index is 0.114. The summed E-state index contributed by atoms with van der Waals surface area (Å²) in [5.74, 6) is -0.0540. The van der Waals surface area contributed by atoms with Gasteiger partial charge < -0.3 is 5.32 Å². The van der Waals surface area contributed by atoms with Gasteiger partial charge in [0.15, 0.2) is 5.16 Å². The maximum atomic E-state index is 13.1. The van der Waals surface area contributed by atoms with Crippen molar-refractivity contribution >= 4 is 56.5 Å². The maximum absolute atomic E-state index is 13.1. The summed E-state index contributed by atoms with van der Waals surface area (Å²) in [5, 5.41) is 5.61. The predicted molar refractivity (Wildman–Crippen MR) is 125 cm³/mol. The van der Waals surface area contributed by atoms with Gasteiger partial charge in [0.2, 0.25) is 5.91 Å². The number of halogens is 1. The predicted octanol–water partition coefficient (Wildman–Crippen LogP) is 5.39. The van der Waals surface area contributed by atoms with Crippen LogP contribution >= 0.6 is 34.7 Å². The van der Waals surface area contributed by atoms with E-state index < -0.39 is 0 Å². The van der Waals surface area contributed by atoms with Crippen molar-refractivity contribution in [2.24, 2.45) is 0 Å². The normalized spacial score (nSPS) is 11.0. The van der Waals surface area contributed by atoms with E-state index in [4.69, 9.17) is 11.6 Å². The lowest BCUT2D eigenvalue weighted by Crippen LogP contribution is -2.22. The molecule has 4 rings (SSSR count). The molecule has 0 unspecified atom stereocenters. The lowest BCUT2D eigenvalue weighted by molar-refractivity contribution is -0.113. The smallest absolute Gasteiger partial charge is 0.276 e. The number of aryl methyl sites for hydroxylation is 1. The first-order valence-electron chi connectivity index (χ1n) is 9.33. The Hall–Kier alpha value is -2.61. The van der Waals surface area contributed by atoms with Crippen molar-refractivity contribution < 1.29 is 4.79 Å². The Balaban J connectivity index is 1.63. The monoisotopic (exact) mass is 455 g/mol. The van der Waals surface area contributed by atoms with Crippen LogP contribution in [0.4, 0.5) is 5.69 Å². The van der Waals surface area contributed by atoms with E-state index in [1.54, 1.807) is 24.3 Å². The molecule has 0 fully saturated rings. The zero-order valence-corrected chi connectivity index (χ0v) is 18.5. The number of fused-ring (bicyclic) bond motifs is 1. The molecule has 0 saturated heterocycles. The Kier molecular flexibility index (Phi) is 6.22. The van der Waals surface area contributed by atoms with Crippen LogP contribution < -0.4 is 10.9 Å². The molecule has 2 aromatic heterocycles. The largest absolute Gasteiger partial charge is 0.325 e. The fourth-order valence-corrected chi connectivity index (χ4v) is 4.82. The second-order valence-corrected chi connectivity index (χ2v) is 8.78. The van der Waals surface area contributed by atoms with E-state index in [9.17, 15) is 9.59 Å². The number of nitrogens with one attached hydrogen (secondary N) is 1. The molecule has 0 saturated carbocycles. The first-order valence-corrected chi connectivity index (χ1v) is 11.6. The Morgan fingerprint density at radius 1 is 1.20 bits per heavy atom. The number of hydrogen-bond acceptors (Lipinski definition) is 5. The van der Waals surface area contributed by atoms with Crippen LogP contribution in [0.25, 0.3) is 15.9 Å². The summed E-state index contributed by atoms with van der Waals surface area (Å²) < 4.78 is 2.04. The molecule has 152 valence electrons. The number of thioether (sulfide) groups is 1. The highest BCUT2D eigenvalue weighted by Crippen LogP contribution is 2.27. The van der Waals surface area contributed by atoms with Crippen molar-refractivity contribution in [3.63, 3.8) is 0 Å². The minimum Gasteiger partial charge on any atom is -0.325 e. The van der Waals surface area contributed by atoms with Crippen molar-refractivity contribution in [3.05, 3.63) is 80.9 Å². The van der Waals surface area contributed by atoms with Gasteiger partial charge in [-0.2, -0.15) is 0 Å². The molecule has 30 heavy (non-hydrogen) atoms. The number of hydrogen-bond donors (Lipinski definition) is 1. The Morgan fingerprint density at radius 3 is 2.83 bits per heavy atom. The van der Waals surface area contributed by atoms with Crippen molar-refractivity contribution in [2.45, 2.75) is 18.5 Å². The van der Waals surface area contributed by atoms with Crippen LogP contribution in [0.2, 0.25) is 5.02 Å². The number of nitrogens with zero attached hydrogens (tertiary/aromatic N) is 2. The molecule has 4 aromatic rings. The molecular weight excluding hydrogens is 438 g/mol. The van der Waals surface area contributed by atoms with Gasteiger partial charge >= 0.3 is 0 Å². The van der Waals surface area contributed by atoms with Gasteiger partial charge in [-0.25, -0.2) is 4.98 Å². The molecule has 5 nitrogen and oxygen atoms in total. The summed E-state index contributed by atoms with van der Waals surface area (Å²) in [6.45, 7) is 2.07. The van der Waals surface area contributed by atoms with E-state index in [2.05, 4.69) is 17.2 Å². The number of carbonyl (C=O) groups excluding carboxylic acids is 1. The molecule has 2 heterocycles. The number of amides is 1. The number of benzene rings is 2. The van der Waals surface area contributed by atoms with Crippen molar-refractivity contribution in [1.82, 2.24) is 9.55 Å². The summed E-state index contributed by atoms with van der Waals surface area (Å²) in [7, 11) is 0.